The molecule has 0 fully saturated rings. The fourth-order valence-corrected chi connectivity index (χ4v) is 2.93. The van der Waals surface area contributed by atoms with E-state index >= 15 is 0 Å². The largest absolute Gasteiger partial charge is 0.294 e. The van der Waals surface area contributed by atoms with Crippen molar-refractivity contribution in [3.8, 4) is 0 Å². The summed E-state index contributed by atoms with van der Waals surface area (Å²) >= 11 is 0. The van der Waals surface area contributed by atoms with Gasteiger partial charge in [0.2, 0.25) is 0 Å². The molecule has 2 aliphatic rings. The van der Waals surface area contributed by atoms with Crippen LogP contribution >= 0.6 is 0 Å². The van der Waals surface area contributed by atoms with E-state index in [0.717, 1.165) is 18.4 Å². The average molecular weight is 218 g/mol. The summed E-state index contributed by atoms with van der Waals surface area (Å²) in [6, 6.07) is 0. The summed E-state index contributed by atoms with van der Waals surface area (Å²) in [6.45, 7) is 5.70. The number of fused-ring (bicyclic) bond motifs is 1. The third-order valence-electron chi connectivity index (χ3n) is 3.76. The quantitative estimate of drug-likeness (QED) is 0.634. The van der Waals surface area contributed by atoms with Crippen LogP contribution in [0, 0.1) is 11.8 Å². The van der Waals surface area contributed by atoms with Crippen molar-refractivity contribution in [2.24, 2.45) is 11.8 Å². The lowest BCUT2D eigenvalue weighted by Gasteiger charge is -2.34. The van der Waals surface area contributed by atoms with Crippen molar-refractivity contribution in [2.45, 2.75) is 40.0 Å². The second kappa shape index (κ2) is 4.00. The van der Waals surface area contributed by atoms with Gasteiger partial charge in [0, 0.05) is 6.42 Å². The third kappa shape index (κ3) is 1.77. The first-order chi connectivity index (χ1) is 7.50. The fourth-order valence-electron chi connectivity index (χ4n) is 2.93. The number of carbonyl (C=O) groups is 2. The first kappa shape index (κ1) is 11.3. The first-order valence-corrected chi connectivity index (χ1v) is 5.96. The maximum absolute atomic E-state index is 11.9. The Morgan fingerprint density at radius 2 is 2.12 bits per heavy atom. The highest BCUT2D eigenvalue weighted by Gasteiger charge is 2.35. The van der Waals surface area contributed by atoms with Crippen LogP contribution < -0.4 is 0 Å². The van der Waals surface area contributed by atoms with E-state index in [2.05, 4.69) is 19.9 Å². The number of rotatable bonds is 1. The molecular weight excluding hydrogens is 200 g/mol. The molecule has 0 aromatic heterocycles. The van der Waals surface area contributed by atoms with Crippen molar-refractivity contribution in [3.05, 3.63) is 22.8 Å². The van der Waals surface area contributed by atoms with Gasteiger partial charge < -0.3 is 0 Å². The lowest BCUT2D eigenvalue weighted by atomic mass is 9.69. The van der Waals surface area contributed by atoms with Gasteiger partial charge in [0.15, 0.2) is 11.6 Å². The molecule has 0 bridgehead atoms. The van der Waals surface area contributed by atoms with Gasteiger partial charge in [-0.2, -0.15) is 0 Å². The van der Waals surface area contributed by atoms with E-state index in [1.807, 2.05) is 0 Å². The number of allylic oxidation sites excluding steroid dienone is 4. The van der Waals surface area contributed by atoms with Gasteiger partial charge in [-0.1, -0.05) is 18.6 Å². The Hall–Kier alpha value is -1.18. The van der Waals surface area contributed by atoms with Gasteiger partial charge in [0.25, 0.3) is 0 Å². The normalized spacial score (nSPS) is 29.9. The summed E-state index contributed by atoms with van der Waals surface area (Å²) in [5.41, 5.74) is 2.77. The number of Topliss-reactive ketones (excluding diaryl/α,β-unsaturated/α-hetero) is 2. The van der Waals surface area contributed by atoms with Crippen molar-refractivity contribution in [1.29, 1.82) is 0 Å². The molecule has 86 valence electrons. The Kier molecular flexibility index (Phi) is 2.83. The van der Waals surface area contributed by atoms with Gasteiger partial charge in [-0.15, -0.1) is 0 Å². The van der Waals surface area contributed by atoms with Crippen molar-refractivity contribution in [3.63, 3.8) is 0 Å². The van der Waals surface area contributed by atoms with Crippen LogP contribution in [-0.2, 0) is 9.59 Å². The lowest BCUT2D eigenvalue weighted by Crippen LogP contribution is -2.30. The second-order valence-electron chi connectivity index (χ2n) is 5.13. The van der Waals surface area contributed by atoms with E-state index in [-0.39, 0.29) is 11.6 Å². The van der Waals surface area contributed by atoms with Crippen molar-refractivity contribution in [1.82, 2.24) is 0 Å². The highest BCUT2D eigenvalue weighted by Crippen LogP contribution is 2.40. The molecule has 0 aromatic carbocycles. The Balaban J connectivity index is 2.56. The van der Waals surface area contributed by atoms with Gasteiger partial charge >= 0.3 is 0 Å². The molecule has 2 aliphatic carbocycles. The molecule has 0 saturated heterocycles. The summed E-state index contributed by atoms with van der Waals surface area (Å²) in [4.78, 5) is 23.5. The van der Waals surface area contributed by atoms with E-state index in [0.29, 0.717) is 23.8 Å². The van der Waals surface area contributed by atoms with Crippen LogP contribution in [0.1, 0.15) is 40.0 Å². The Morgan fingerprint density at radius 3 is 2.75 bits per heavy atom. The number of hydrogen-bond donors (Lipinski definition) is 0. The van der Waals surface area contributed by atoms with Crippen LogP contribution in [0.5, 0.6) is 0 Å². The van der Waals surface area contributed by atoms with E-state index in [1.54, 1.807) is 0 Å². The molecule has 2 heteroatoms. The van der Waals surface area contributed by atoms with Crippen molar-refractivity contribution >= 4 is 11.6 Å². The Labute approximate surface area is 96.4 Å². The minimum Gasteiger partial charge on any atom is -0.294 e. The van der Waals surface area contributed by atoms with E-state index in [1.165, 1.54) is 12.5 Å². The summed E-state index contributed by atoms with van der Waals surface area (Å²) in [6.07, 6.45) is 4.79. The predicted molar refractivity (Wildman–Crippen MR) is 63.0 cm³/mol. The maximum Gasteiger partial charge on any atom is 0.167 e. The predicted octanol–water partition coefficient (Wildman–Crippen LogP) is 2.84. The molecule has 16 heavy (non-hydrogen) atoms. The number of ketones is 2. The molecule has 0 radical (unpaired) electrons. The van der Waals surface area contributed by atoms with Crippen LogP contribution in [0.3, 0.4) is 0 Å². The standard InChI is InChI=1S/C14H18O2/c1-8-4-5-11-9(2)7-13(16)14(10(3)15)12(11)6-8/h6,9,11H,4-5,7H2,1-3H3. The topological polar surface area (TPSA) is 34.1 Å². The van der Waals surface area contributed by atoms with Crippen molar-refractivity contribution < 1.29 is 9.59 Å². The lowest BCUT2D eigenvalue weighted by molar-refractivity contribution is -0.121. The highest BCUT2D eigenvalue weighted by atomic mass is 16.1. The molecule has 2 nitrogen and oxygen atoms in total. The molecule has 0 heterocycles. The van der Waals surface area contributed by atoms with Crippen LogP contribution in [0.4, 0.5) is 0 Å². The zero-order chi connectivity index (χ0) is 11.9. The Bertz CT molecular complexity index is 412. The van der Waals surface area contributed by atoms with Crippen LogP contribution in [-0.4, -0.2) is 11.6 Å². The molecule has 2 atom stereocenters. The third-order valence-corrected chi connectivity index (χ3v) is 3.76. The maximum atomic E-state index is 11.9. The van der Waals surface area contributed by atoms with Gasteiger partial charge in [0.1, 0.15) is 0 Å². The minimum absolute atomic E-state index is 0.0391. The van der Waals surface area contributed by atoms with Crippen molar-refractivity contribution in [2.75, 3.05) is 0 Å². The Morgan fingerprint density at radius 1 is 1.44 bits per heavy atom. The second-order valence-corrected chi connectivity index (χ2v) is 5.13. The average Bonchev–Trinajstić information content (AvgIpc) is 2.15. The zero-order valence-corrected chi connectivity index (χ0v) is 10.2. The summed E-state index contributed by atoms with van der Waals surface area (Å²) in [5.74, 6) is 0.773. The smallest absolute Gasteiger partial charge is 0.167 e. The van der Waals surface area contributed by atoms with Crippen LogP contribution in [0.2, 0.25) is 0 Å². The van der Waals surface area contributed by atoms with E-state index < -0.39 is 0 Å². The zero-order valence-electron chi connectivity index (χ0n) is 10.2. The van der Waals surface area contributed by atoms with Gasteiger partial charge in [-0.3, -0.25) is 9.59 Å². The molecule has 0 aromatic rings. The SMILES string of the molecule is CC(=O)C1=C2C=C(C)CCC2C(C)CC1=O. The monoisotopic (exact) mass is 218 g/mol. The summed E-state index contributed by atoms with van der Waals surface area (Å²) in [7, 11) is 0. The molecular formula is C14H18O2. The van der Waals surface area contributed by atoms with Gasteiger partial charge in [0.05, 0.1) is 5.57 Å². The molecule has 0 N–H and O–H groups in total. The van der Waals surface area contributed by atoms with Gasteiger partial charge in [-0.25, -0.2) is 0 Å². The summed E-state index contributed by atoms with van der Waals surface area (Å²) in [5, 5.41) is 0. The first-order valence-electron chi connectivity index (χ1n) is 5.96. The summed E-state index contributed by atoms with van der Waals surface area (Å²) < 4.78 is 0. The number of carbonyl (C=O) groups excluding carboxylic acids is 2. The molecule has 2 rings (SSSR count). The molecule has 0 aliphatic heterocycles. The number of hydrogen-bond acceptors (Lipinski definition) is 2. The van der Waals surface area contributed by atoms with Crippen LogP contribution in [0.15, 0.2) is 22.8 Å². The minimum atomic E-state index is -0.0668. The molecule has 0 spiro atoms. The van der Waals surface area contributed by atoms with E-state index in [9.17, 15) is 9.59 Å². The molecule has 2 unspecified atom stereocenters. The van der Waals surface area contributed by atoms with Crippen LogP contribution in [0.25, 0.3) is 0 Å². The fraction of sp³-hybridized carbons (Fsp3) is 0.571. The van der Waals surface area contributed by atoms with Gasteiger partial charge in [-0.05, 0) is 44.1 Å². The van der Waals surface area contributed by atoms with E-state index in [4.69, 9.17) is 0 Å². The molecule has 0 amide bonds. The molecule has 0 saturated carbocycles. The highest BCUT2D eigenvalue weighted by molar-refractivity contribution is 6.20.